The molecule has 45 heteroatoms. The molecule has 0 bridgehead atoms. The summed E-state index contributed by atoms with van der Waals surface area (Å²) in [4.78, 5) is 34.3. The normalized spacial score (nSPS) is 32.6. The third kappa shape index (κ3) is 30.7. The highest BCUT2D eigenvalue weighted by Crippen LogP contribution is 2.46. The van der Waals surface area contributed by atoms with Gasteiger partial charge >= 0.3 is 5.96 Å². The van der Waals surface area contributed by atoms with Crippen molar-refractivity contribution >= 4 is 150 Å². The van der Waals surface area contributed by atoms with Crippen LogP contribution in [-0.2, 0) is 28.4 Å². The lowest BCUT2D eigenvalue weighted by molar-refractivity contribution is -0.578. The Labute approximate surface area is 785 Å². The van der Waals surface area contributed by atoms with E-state index in [1.54, 1.807) is 44.3 Å². The zero-order valence-corrected chi connectivity index (χ0v) is 85.5. The molecule has 24 N–H and O–H groups in total. The number of hydrazone groups is 1. The molecule has 0 radical (unpaired) electrons. The summed E-state index contributed by atoms with van der Waals surface area (Å²) in [7, 11) is 0. The van der Waals surface area contributed by atoms with Crippen molar-refractivity contribution in [1.82, 2.24) is 34.9 Å². The maximum atomic E-state index is 10.4. The molecule has 131 heavy (non-hydrogen) atoms. The number of nitrogens with two attached hydrogens (primary N) is 5. The van der Waals surface area contributed by atoms with Gasteiger partial charge in [0.15, 0.2) is 31.1 Å². The molecule has 0 amide bonds. The molecule has 0 spiro atoms. The molecule has 0 aromatic carbocycles. The Balaban J connectivity index is 0.000000194. The second-order valence-corrected chi connectivity index (χ2v) is 65.6. The summed E-state index contributed by atoms with van der Waals surface area (Å²) in [6.45, 7) is 45.1. The average Bonchev–Trinajstić information content (AvgIpc) is 1.72. The van der Waals surface area contributed by atoms with E-state index in [2.05, 4.69) is 225 Å². The average molecular weight is 2060 g/mol. The number of aryl methyl sites for hydroxylation is 1. The van der Waals surface area contributed by atoms with E-state index in [1.165, 1.54) is 22.1 Å². The van der Waals surface area contributed by atoms with Crippen LogP contribution in [0.15, 0.2) is 149 Å². The predicted octanol–water partition coefficient (Wildman–Crippen LogP) is 0.361. The van der Waals surface area contributed by atoms with Gasteiger partial charge in [-0.3, -0.25) is 0 Å². The standard InChI is InChI=1S/C17H26N3O3P.C15H26N3O3P.C14H23IN3O3P.C14H24N3O3P.2C13H23N4O3P/c1-10-8-12-9-20(11(2)19-16(12)18-10)17-15(22)14(21)13(23-17)6-7-24(3,4)5;1-9-8-18(10(2)17-14(9)16)15-13(20)12(19)11(21-15)6-7-22(3,4)5;1-8-17-13(16)9(15)7-18(8)14-12(20)11(19)10(21-14)5-6-22(2,3)4;1-9-16-11(15)5-7-17(9)14-13(19)12(18)10(20-14)6-8-21(2,3)4;1-8-16-13(14)15-7-17(8)12-11(19)10(18)9(20-12)5-6-21(2,3)4;1-8-16-10(14)7-15-17(8)13-12(19)11(18)9(20-13)5-6-21(2,3)4/h8-9,13-15,17,21-22H,2-3,6-7H2,1,4-5H3,(H,18,19);8,11-13,15,19-20H,2-3,6-7H2,1,4-5H3,(H2,16,17);7,10-12,14,19-20H,1-2,5-6H2,3-4H3,(H2,16,17);5,7,10,12-14,18-19H,1-2,6,8H2,3-4H3,(H2,15,16);7,9-12,18-19H,1-2,5-6H2,3-4H3,(H2,14,16);7,9,11-13,18-19H,1-2,5-6H2,3-4H3,(H2,14,16)/p+1/t13-,14-,15-,17-;11-,12-,13-,15-;10-,11-,12-,14-;10-,12-,13-,14-;9-,10-,11-,12-;9-,11-,12-,13-/m111111/s1. The number of H-pyrrole nitrogens is 1. The fourth-order valence-electron chi connectivity index (χ4n) is 15.0. The minimum Gasteiger partial charge on any atom is -0.388 e. The molecule has 734 valence electrons. The van der Waals surface area contributed by atoms with Gasteiger partial charge in [0.25, 0.3) is 0 Å². The van der Waals surface area contributed by atoms with Gasteiger partial charge < -0.3 is 143 Å². The molecule has 1 aromatic rings. The van der Waals surface area contributed by atoms with Gasteiger partial charge in [-0.2, -0.15) is 5.10 Å². The number of amidine groups is 4. The smallest absolute Gasteiger partial charge is 0.335 e. The van der Waals surface area contributed by atoms with Crippen molar-refractivity contribution in [2.75, 3.05) is 117 Å². The molecule has 0 aliphatic carbocycles. The number of aliphatic hydroxyl groups excluding tert-OH is 12. The van der Waals surface area contributed by atoms with Crippen LogP contribution in [0.3, 0.4) is 0 Å². The summed E-state index contributed by atoms with van der Waals surface area (Å²) in [6.07, 6.45) is 27.1. The summed E-state index contributed by atoms with van der Waals surface area (Å²) in [5.41, 5.74) is 30.7. The van der Waals surface area contributed by atoms with Crippen molar-refractivity contribution in [2.45, 2.75) is 200 Å². The van der Waals surface area contributed by atoms with Gasteiger partial charge in [-0.25, -0.2) is 39.9 Å². The van der Waals surface area contributed by atoms with Gasteiger partial charge in [0.1, 0.15) is 131 Å². The molecule has 0 unspecified atom stereocenters. The predicted molar refractivity (Wildman–Crippen MR) is 552 cm³/mol. The molecule has 0 saturated carbocycles. The van der Waals surface area contributed by atoms with Gasteiger partial charge in [0.05, 0.1) is 46.4 Å². The Bertz CT molecular complexity index is 4940. The first-order valence-corrected chi connectivity index (χ1v) is 62.2. The van der Waals surface area contributed by atoms with Gasteiger partial charge in [-0.15, -0.1) is 79.1 Å². The zero-order valence-electron chi connectivity index (χ0n) is 78.0. The monoisotopic (exact) mass is 2060 g/mol. The first-order chi connectivity index (χ1) is 60.4. The van der Waals surface area contributed by atoms with Crippen LogP contribution in [0, 0.1) is 6.92 Å². The first-order valence-electron chi connectivity index (χ1n) is 42.8. The maximum Gasteiger partial charge on any atom is 0.335 e. The Morgan fingerprint density at radius 3 is 1.14 bits per heavy atom. The lowest BCUT2D eigenvalue weighted by Crippen LogP contribution is -2.46. The fraction of sp³-hybridized carbons (Fsp3) is 0.581. The van der Waals surface area contributed by atoms with Crippen LogP contribution in [-0.4, -0.2) is 439 Å². The lowest BCUT2D eigenvalue weighted by atomic mass is 10.1. The van der Waals surface area contributed by atoms with Crippen LogP contribution in [0.1, 0.15) is 51.1 Å². The third-order valence-corrected chi connectivity index (χ3v) is 32.2. The number of aliphatic hydroxyl groups is 12. The zero-order chi connectivity index (χ0) is 98.3. The summed E-state index contributed by atoms with van der Waals surface area (Å²) in [6, 6.07) is 1.98. The van der Waals surface area contributed by atoms with Crippen LogP contribution in [0.25, 0.3) is 6.20 Å². The van der Waals surface area contributed by atoms with Crippen LogP contribution >= 0.6 is 63.9 Å². The Morgan fingerprint density at radius 2 is 0.748 bits per heavy atom. The summed E-state index contributed by atoms with van der Waals surface area (Å²) >= 11 is 2.06. The lowest BCUT2D eigenvalue weighted by Gasteiger charge is -2.31. The molecule has 12 aliphatic heterocycles. The summed E-state index contributed by atoms with van der Waals surface area (Å²) in [5.74, 6) is 3.97. The van der Waals surface area contributed by atoms with E-state index in [1.807, 2.05) is 26.1 Å². The van der Waals surface area contributed by atoms with E-state index < -0.39 is 189 Å². The number of aromatic nitrogens is 1. The van der Waals surface area contributed by atoms with Gasteiger partial charge in [-0.1, -0.05) is 37.9 Å². The number of nitrogens with one attached hydrogen (secondary N) is 2. The minimum absolute atomic E-state index is 0.226. The van der Waals surface area contributed by atoms with Crippen molar-refractivity contribution in [2.24, 2.45) is 63.7 Å². The number of aliphatic imine (C=N–C) groups is 5. The van der Waals surface area contributed by atoms with Crippen molar-refractivity contribution in [3.63, 3.8) is 0 Å². The Morgan fingerprint density at radius 1 is 0.412 bits per heavy atom. The molecule has 6 fully saturated rings. The number of aromatic amines is 1. The summed E-state index contributed by atoms with van der Waals surface area (Å²) in [5, 5.41) is 132. The topological polar surface area (TPSA) is 562 Å². The van der Waals surface area contributed by atoms with E-state index in [-0.39, 0.29) is 17.6 Å². The molecule has 13 rings (SSSR count). The number of nitrogens with zero attached hydrogens (tertiary/aromatic N) is 13. The number of hydrogen-bond acceptors (Lipinski definition) is 36. The third-order valence-electron chi connectivity index (χ3n) is 22.6. The van der Waals surface area contributed by atoms with E-state index >= 15 is 0 Å². The Kier molecular flexibility index (Phi) is 38.3. The van der Waals surface area contributed by atoms with E-state index in [9.17, 15) is 61.3 Å². The number of ether oxygens (including phenoxy) is 6. The number of guanidine groups is 1. The van der Waals surface area contributed by atoms with E-state index in [4.69, 9.17) is 57.1 Å². The van der Waals surface area contributed by atoms with E-state index in [0.29, 0.717) is 85.1 Å². The number of fused-ring (bicyclic) bond motifs is 1. The van der Waals surface area contributed by atoms with Crippen molar-refractivity contribution in [3.8, 4) is 0 Å². The molecule has 13 heterocycles. The SMILES string of the molecule is C=C1N=C(N)C(C)=CN1[C@@H]1O[C@H](CCP(=C)(C)C)[C@@H](O)[C@H]1O.C=C1N=C(N)C(I)=CN1[C@@H]1O[C@H](CCP(=C)(C)C)[C@@H](O)[C@H]1O.C=C1N=C(N)C=CN1[C@@H]1O[C@H](CCP(=C)(C)C)[C@@H](O)[C@H]1O.C=C1N=C(N)C=NN1[C@@H]1O[C@H](CCP(=C)(C)C)[C@@H](O)[C@H]1O.C=C1N=c2[nH]c(C)cc2=CN1[C@@H]1O[C@H](CCP(=C)(C)C)[C@@H](O)[C@H]1O.C=C1NC(N)=NC=[N+]1[C@@H]1O[C@H](CCP(=C)(C)C)[C@@H](O)[C@H]1O. The highest BCUT2D eigenvalue weighted by Gasteiger charge is 2.52. The van der Waals surface area contributed by atoms with Crippen molar-refractivity contribution in [3.05, 3.63) is 131 Å². The van der Waals surface area contributed by atoms with Gasteiger partial charge in [0.2, 0.25) is 18.4 Å². The molecular formula is C86H146IN20O18P6+. The number of rotatable bonds is 24. The van der Waals surface area contributed by atoms with Crippen LogP contribution in [0.4, 0.5) is 0 Å². The molecule has 12 aliphatic rings. The minimum atomic E-state index is -1.21. The molecule has 1 aromatic heterocycles. The molecule has 24 atom stereocenters. The maximum absolute atomic E-state index is 10.4. The fourth-order valence-corrected chi connectivity index (χ4v) is 21.2. The van der Waals surface area contributed by atoms with E-state index in [0.717, 1.165) is 62.5 Å². The molecule has 38 nitrogen and oxygen atoms in total. The second kappa shape index (κ2) is 45.5. The first kappa shape index (κ1) is 110. The molecular weight excluding hydrogens is 1910 g/mol. The highest BCUT2D eigenvalue weighted by atomic mass is 127. The van der Waals surface area contributed by atoms with Crippen molar-refractivity contribution in [1.29, 1.82) is 0 Å². The molecule has 6 saturated heterocycles. The van der Waals surface area contributed by atoms with Crippen LogP contribution in [0.2, 0.25) is 0 Å². The van der Waals surface area contributed by atoms with Crippen LogP contribution < -0.4 is 44.7 Å². The largest absolute Gasteiger partial charge is 0.388 e. The van der Waals surface area contributed by atoms with Crippen molar-refractivity contribution < 1.29 is 94.3 Å². The quantitative estimate of drug-likeness (QED) is 0.0377. The number of halogens is 1. The second-order valence-electron chi connectivity index (χ2n) is 38.5. The van der Waals surface area contributed by atoms with Crippen LogP contribution in [0.5, 0.6) is 0 Å². The summed E-state index contributed by atoms with van der Waals surface area (Å²) < 4.78 is 37.4. The number of hydrogen-bond donors (Lipinski definition) is 19. The highest BCUT2D eigenvalue weighted by molar-refractivity contribution is 14.1. The Hall–Kier alpha value is -6.09. The van der Waals surface area contributed by atoms with Gasteiger partial charge in [0, 0.05) is 41.3 Å². The van der Waals surface area contributed by atoms with Gasteiger partial charge in [-0.05, 0) is 211 Å².